The minimum Gasteiger partial charge on any atom is -0.0840 e. The summed E-state index contributed by atoms with van der Waals surface area (Å²) in [5.74, 6) is 0. The molecule has 0 aliphatic rings. The van der Waals surface area contributed by atoms with Crippen LogP contribution in [0.5, 0.6) is 0 Å². The molecule has 0 bridgehead atoms. The minimum atomic E-state index is 0.234. The van der Waals surface area contributed by atoms with E-state index in [9.17, 15) is 0 Å². The van der Waals surface area contributed by atoms with Crippen LogP contribution in [0.25, 0.3) is 10.8 Å². The molecule has 20 heavy (non-hydrogen) atoms. The Labute approximate surface area is 132 Å². The van der Waals surface area contributed by atoms with Gasteiger partial charge in [-0.05, 0) is 34.4 Å². The molecule has 1 atom stereocenters. The third kappa shape index (κ3) is 2.89. The Balaban J connectivity index is 1.87. The van der Waals surface area contributed by atoms with E-state index in [-0.39, 0.29) is 4.83 Å². The van der Waals surface area contributed by atoms with Crippen molar-refractivity contribution in [3.8, 4) is 0 Å². The summed E-state index contributed by atoms with van der Waals surface area (Å²) in [7, 11) is 0. The SMILES string of the molecule is Clc1ccccc1C(Br)Cc1ccc2ccccc2c1. The summed E-state index contributed by atoms with van der Waals surface area (Å²) < 4.78 is 0. The smallest absolute Gasteiger partial charge is 0.0450 e. The first-order valence-electron chi connectivity index (χ1n) is 6.60. The van der Waals surface area contributed by atoms with Crippen LogP contribution in [-0.2, 0) is 6.42 Å². The molecule has 0 saturated heterocycles. The molecule has 0 radical (unpaired) electrons. The molecule has 0 heterocycles. The van der Waals surface area contributed by atoms with Crippen molar-refractivity contribution in [3.63, 3.8) is 0 Å². The molecule has 100 valence electrons. The second kappa shape index (κ2) is 5.99. The number of halogens is 2. The van der Waals surface area contributed by atoms with Crippen molar-refractivity contribution in [1.29, 1.82) is 0 Å². The van der Waals surface area contributed by atoms with E-state index in [1.165, 1.54) is 16.3 Å². The normalized spacial score (nSPS) is 12.5. The van der Waals surface area contributed by atoms with E-state index in [1.54, 1.807) is 0 Å². The van der Waals surface area contributed by atoms with Gasteiger partial charge < -0.3 is 0 Å². The summed E-state index contributed by atoms with van der Waals surface area (Å²) in [4.78, 5) is 0.234. The predicted octanol–water partition coefficient (Wildman–Crippen LogP) is 6.17. The first kappa shape index (κ1) is 13.7. The Bertz CT molecular complexity index is 736. The molecule has 0 fully saturated rings. The van der Waals surface area contributed by atoms with Gasteiger partial charge in [0, 0.05) is 9.85 Å². The van der Waals surface area contributed by atoms with E-state index in [4.69, 9.17) is 11.6 Å². The third-order valence-electron chi connectivity index (χ3n) is 3.47. The third-order valence-corrected chi connectivity index (χ3v) is 4.63. The highest BCUT2D eigenvalue weighted by atomic mass is 79.9. The fourth-order valence-electron chi connectivity index (χ4n) is 2.41. The second-order valence-corrected chi connectivity index (χ2v) is 6.39. The number of alkyl halides is 1. The molecule has 0 aliphatic heterocycles. The van der Waals surface area contributed by atoms with E-state index >= 15 is 0 Å². The lowest BCUT2D eigenvalue weighted by molar-refractivity contribution is 0.951. The molecule has 0 aliphatic carbocycles. The van der Waals surface area contributed by atoms with E-state index in [2.05, 4.69) is 64.5 Å². The molecular weight excluding hydrogens is 332 g/mol. The van der Waals surface area contributed by atoms with Gasteiger partial charge in [-0.2, -0.15) is 0 Å². The number of fused-ring (bicyclic) bond motifs is 1. The van der Waals surface area contributed by atoms with Gasteiger partial charge in [-0.15, -0.1) is 0 Å². The Morgan fingerprint density at radius 2 is 1.55 bits per heavy atom. The lowest BCUT2D eigenvalue weighted by atomic mass is 10.0. The van der Waals surface area contributed by atoms with Crippen LogP contribution in [0.15, 0.2) is 66.7 Å². The van der Waals surface area contributed by atoms with Crippen LogP contribution < -0.4 is 0 Å². The van der Waals surface area contributed by atoms with Crippen molar-refractivity contribution < 1.29 is 0 Å². The monoisotopic (exact) mass is 344 g/mol. The van der Waals surface area contributed by atoms with E-state index in [0.29, 0.717) is 0 Å². The Morgan fingerprint density at radius 3 is 2.35 bits per heavy atom. The molecule has 3 aromatic carbocycles. The molecule has 0 nitrogen and oxygen atoms in total. The number of benzene rings is 3. The highest BCUT2D eigenvalue weighted by Gasteiger charge is 2.11. The van der Waals surface area contributed by atoms with Crippen molar-refractivity contribution in [2.75, 3.05) is 0 Å². The molecule has 3 rings (SSSR count). The van der Waals surface area contributed by atoms with Crippen LogP contribution in [0.1, 0.15) is 16.0 Å². The van der Waals surface area contributed by atoms with Gasteiger partial charge in [0.2, 0.25) is 0 Å². The van der Waals surface area contributed by atoms with E-state index in [1.807, 2.05) is 18.2 Å². The molecule has 0 saturated carbocycles. The van der Waals surface area contributed by atoms with Crippen LogP contribution in [0, 0.1) is 0 Å². The van der Waals surface area contributed by atoms with Crippen molar-refractivity contribution in [2.24, 2.45) is 0 Å². The quantitative estimate of drug-likeness (QED) is 0.498. The summed E-state index contributed by atoms with van der Waals surface area (Å²) in [6, 6.07) is 23.0. The van der Waals surface area contributed by atoms with Crippen LogP contribution in [0.3, 0.4) is 0 Å². The zero-order valence-corrected chi connectivity index (χ0v) is 13.2. The number of rotatable bonds is 3. The van der Waals surface area contributed by atoms with Gasteiger partial charge in [0.05, 0.1) is 0 Å². The predicted molar refractivity (Wildman–Crippen MR) is 90.8 cm³/mol. The average molecular weight is 346 g/mol. The fraction of sp³-hybridized carbons (Fsp3) is 0.111. The Morgan fingerprint density at radius 1 is 0.850 bits per heavy atom. The van der Waals surface area contributed by atoms with Gasteiger partial charge in [0.15, 0.2) is 0 Å². The summed E-state index contributed by atoms with van der Waals surface area (Å²) in [5, 5.41) is 3.37. The first-order valence-corrected chi connectivity index (χ1v) is 7.89. The molecule has 0 aromatic heterocycles. The van der Waals surface area contributed by atoms with E-state index < -0.39 is 0 Å². The zero-order valence-electron chi connectivity index (χ0n) is 10.9. The lowest BCUT2D eigenvalue weighted by Gasteiger charge is -2.12. The van der Waals surface area contributed by atoms with Crippen LogP contribution in [0.4, 0.5) is 0 Å². The maximum Gasteiger partial charge on any atom is 0.0450 e. The van der Waals surface area contributed by atoms with Crippen molar-refractivity contribution >= 4 is 38.3 Å². The molecule has 3 aromatic rings. The van der Waals surface area contributed by atoms with E-state index in [0.717, 1.165) is 17.0 Å². The van der Waals surface area contributed by atoms with Crippen molar-refractivity contribution in [1.82, 2.24) is 0 Å². The number of hydrogen-bond acceptors (Lipinski definition) is 0. The molecule has 1 unspecified atom stereocenters. The molecule has 0 N–H and O–H groups in total. The van der Waals surface area contributed by atoms with Gasteiger partial charge in [0.1, 0.15) is 0 Å². The molecule has 0 spiro atoms. The van der Waals surface area contributed by atoms with Gasteiger partial charge >= 0.3 is 0 Å². The number of hydrogen-bond donors (Lipinski definition) is 0. The summed E-state index contributed by atoms with van der Waals surface area (Å²) in [6.45, 7) is 0. The van der Waals surface area contributed by atoms with Gasteiger partial charge in [-0.3, -0.25) is 0 Å². The van der Waals surface area contributed by atoms with Crippen molar-refractivity contribution in [3.05, 3.63) is 82.9 Å². The van der Waals surface area contributed by atoms with Crippen LogP contribution >= 0.6 is 27.5 Å². The summed E-state index contributed by atoms with van der Waals surface area (Å²) in [5.41, 5.74) is 2.45. The minimum absolute atomic E-state index is 0.234. The summed E-state index contributed by atoms with van der Waals surface area (Å²) >= 11 is 10.0. The molecule has 2 heteroatoms. The molecule has 0 amide bonds. The maximum absolute atomic E-state index is 6.25. The Hall–Kier alpha value is -1.31. The lowest BCUT2D eigenvalue weighted by Crippen LogP contribution is -1.96. The average Bonchev–Trinajstić information content (AvgIpc) is 2.47. The van der Waals surface area contributed by atoms with Crippen molar-refractivity contribution in [2.45, 2.75) is 11.2 Å². The van der Waals surface area contributed by atoms with Gasteiger partial charge in [0.25, 0.3) is 0 Å². The second-order valence-electron chi connectivity index (χ2n) is 4.87. The van der Waals surface area contributed by atoms with Gasteiger partial charge in [-0.1, -0.05) is 88.2 Å². The fourth-order valence-corrected chi connectivity index (χ4v) is 3.58. The topological polar surface area (TPSA) is 0 Å². The first-order chi connectivity index (χ1) is 9.74. The summed E-state index contributed by atoms with van der Waals surface area (Å²) in [6.07, 6.45) is 0.925. The largest absolute Gasteiger partial charge is 0.0840 e. The highest BCUT2D eigenvalue weighted by Crippen LogP contribution is 2.32. The van der Waals surface area contributed by atoms with Crippen LogP contribution in [0.2, 0.25) is 5.02 Å². The maximum atomic E-state index is 6.25. The highest BCUT2D eigenvalue weighted by molar-refractivity contribution is 9.09. The van der Waals surface area contributed by atoms with Crippen LogP contribution in [-0.4, -0.2) is 0 Å². The van der Waals surface area contributed by atoms with Gasteiger partial charge in [-0.25, -0.2) is 0 Å². The molecular formula is C18H14BrCl. The zero-order chi connectivity index (χ0) is 13.9. The standard InChI is InChI=1S/C18H14BrCl/c19-17(16-7-3-4-8-18(16)20)12-13-9-10-14-5-1-2-6-15(14)11-13/h1-11,17H,12H2. The Kier molecular flexibility index (Phi) is 4.09.